The number of urea groups is 1. The minimum Gasteiger partial charge on any atom is -0.481 e. The molecule has 8 nitrogen and oxygen atoms in total. The van der Waals surface area contributed by atoms with Crippen molar-refractivity contribution < 1.29 is 14.7 Å². The molecule has 0 aromatic carbocycles. The van der Waals surface area contributed by atoms with Crippen LogP contribution in [0.2, 0.25) is 0 Å². The number of nitrogens with zero attached hydrogens (tertiary/aromatic N) is 3. The number of carbonyl (C=O) groups is 2. The second kappa shape index (κ2) is 5.68. The number of H-pyrrole nitrogens is 1. The maximum atomic E-state index is 12.0. The van der Waals surface area contributed by atoms with Crippen LogP contribution in [0.15, 0.2) is 6.33 Å². The van der Waals surface area contributed by atoms with Gasteiger partial charge in [0, 0.05) is 19.5 Å². The predicted molar refractivity (Wildman–Crippen MR) is 65.3 cm³/mol. The van der Waals surface area contributed by atoms with Gasteiger partial charge >= 0.3 is 12.0 Å². The molecule has 2 heterocycles. The number of hydrogen-bond acceptors (Lipinski definition) is 4. The first-order valence-electron chi connectivity index (χ1n) is 6.18. The van der Waals surface area contributed by atoms with Crippen LogP contribution in [0.4, 0.5) is 4.79 Å². The van der Waals surface area contributed by atoms with E-state index in [9.17, 15) is 9.59 Å². The van der Waals surface area contributed by atoms with Crippen LogP contribution in [0.1, 0.15) is 31.6 Å². The SMILES string of the molecule is CC(NC(=O)N1CCC(CC(=O)O)C1)c1ncn[nH]1. The highest BCUT2D eigenvalue weighted by Gasteiger charge is 2.28. The Morgan fingerprint density at radius 3 is 3.11 bits per heavy atom. The van der Waals surface area contributed by atoms with Crippen molar-refractivity contribution in [1.29, 1.82) is 0 Å². The average molecular weight is 267 g/mol. The van der Waals surface area contributed by atoms with Crippen LogP contribution in [0, 0.1) is 5.92 Å². The maximum absolute atomic E-state index is 12.0. The van der Waals surface area contributed by atoms with Gasteiger partial charge in [0.05, 0.1) is 6.04 Å². The molecule has 0 spiro atoms. The number of aromatic nitrogens is 3. The molecule has 1 aromatic heterocycles. The minimum atomic E-state index is -0.817. The highest BCUT2D eigenvalue weighted by atomic mass is 16.4. The standard InChI is InChI=1S/C11H17N5O3/c1-7(10-12-6-13-15-10)14-11(19)16-3-2-8(5-16)4-9(17)18/h6-8H,2-5H2,1H3,(H,14,19)(H,17,18)(H,12,13,15). The van der Waals surface area contributed by atoms with Crippen LogP contribution in [0.5, 0.6) is 0 Å². The molecule has 0 saturated carbocycles. The fraction of sp³-hybridized carbons (Fsp3) is 0.636. The van der Waals surface area contributed by atoms with E-state index in [1.54, 1.807) is 4.90 Å². The lowest BCUT2D eigenvalue weighted by molar-refractivity contribution is -0.138. The summed E-state index contributed by atoms with van der Waals surface area (Å²) >= 11 is 0. The van der Waals surface area contributed by atoms with Crippen LogP contribution in [0.3, 0.4) is 0 Å². The van der Waals surface area contributed by atoms with Gasteiger partial charge in [0.15, 0.2) is 0 Å². The smallest absolute Gasteiger partial charge is 0.317 e. The third kappa shape index (κ3) is 3.43. The average Bonchev–Trinajstić information content (AvgIpc) is 2.97. The van der Waals surface area contributed by atoms with Gasteiger partial charge in [-0.15, -0.1) is 0 Å². The Labute approximate surface area is 110 Å². The van der Waals surface area contributed by atoms with Gasteiger partial charge in [-0.1, -0.05) is 0 Å². The molecule has 3 N–H and O–H groups in total. The molecule has 0 bridgehead atoms. The molecular formula is C11H17N5O3. The van der Waals surface area contributed by atoms with E-state index in [4.69, 9.17) is 5.11 Å². The number of nitrogens with one attached hydrogen (secondary N) is 2. The molecule has 1 aliphatic rings. The first-order chi connectivity index (χ1) is 9.06. The number of likely N-dealkylation sites (tertiary alicyclic amines) is 1. The highest BCUT2D eigenvalue weighted by molar-refractivity contribution is 5.75. The van der Waals surface area contributed by atoms with Gasteiger partial charge in [-0.05, 0) is 19.3 Å². The quantitative estimate of drug-likeness (QED) is 0.730. The largest absolute Gasteiger partial charge is 0.481 e. The van der Waals surface area contributed by atoms with E-state index in [-0.39, 0.29) is 24.4 Å². The molecule has 19 heavy (non-hydrogen) atoms. The summed E-state index contributed by atoms with van der Waals surface area (Å²) in [6, 6.07) is -0.453. The summed E-state index contributed by atoms with van der Waals surface area (Å²) < 4.78 is 0. The van der Waals surface area contributed by atoms with E-state index in [0.717, 1.165) is 6.42 Å². The molecule has 1 fully saturated rings. The van der Waals surface area contributed by atoms with Crippen LogP contribution in [-0.4, -0.2) is 50.3 Å². The Hall–Kier alpha value is -2.12. The van der Waals surface area contributed by atoms with E-state index >= 15 is 0 Å². The summed E-state index contributed by atoms with van der Waals surface area (Å²) in [5.74, 6) is -0.180. The molecule has 2 unspecified atom stereocenters. The fourth-order valence-electron chi connectivity index (χ4n) is 2.20. The van der Waals surface area contributed by atoms with E-state index in [1.807, 2.05) is 6.92 Å². The number of aliphatic carboxylic acids is 1. The second-order valence-corrected chi connectivity index (χ2v) is 4.74. The van der Waals surface area contributed by atoms with E-state index in [0.29, 0.717) is 18.9 Å². The van der Waals surface area contributed by atoms with Crippen molar-refractivity contribution in [3.05, 3.63) is 12.2 Å². The number of carboxylic acids is 1. The summed E-state index contributed by atoms with van der Waals surface area (Å²) in [5, 5.41) is 18.0. The molecule has 1 aliphatic heterocycles. The zero-order chi connectivity index (χ0) is 13.8. The van der Waals surface area contributed by atoms with Crippen molar-refractivity contribution in [2.45, 2.75) is 25.8 Å². The zero-order valence-corrected chi connectivity index (χ0v) is 10.7. The van der Waals surface area contributed by atoms with E-state index in [1.165, 1.54) is 6.33 Å². The second-order valence-electron chi connectivity index (χ2n) is 4.74. The van der Waals surface area contributed by atoms with Gasteiger partial charge in [-0.3, -0.25) is 9.89 Å². The number of rotatable bonds is 4. The van der Waals surface area contributed by atoms with Crippen LogP contribution in [0.25, 0.3) is 0 Å². The van der Waals surface area contributed by atoms with E-state index in [2.05, 4.69) is 20.5 Å². The molecule has 1 saturated heterocycles. The van der Waals surface area contributed by atoms with Crippen LogP contribution < -0.4 is 5.32 Å². The Morgan fingerprint density at radius 2 is 2.47 bits per heavy atom. The summed E-state index contributed by atoms with van der Waals surface area (Å²) in [6.07, 6.45) is 2.23. The van der Waals surface area contributed by atoms with Crippen molar-refractivity contribution in [1.82, 2.24) is 25.4 Å². The Morgan fingerprint density at radius 1 is 1.68 bits per heavy atom. The lowest BCUT2D eigenvalue weighted by atomic mass is 10.1. The summed E-state index contributed by atoms with van der Waals surface area (Å²) in [5.41, 5.74) is 0. The van der Waals surface area contributed by atoms with Crippen molar-refractivity contribution in [3.63, 3.8) is 0 Å². The van der Waals surface area contributed by atoms with Crippen LogP contribution in [-0.2, 0) is 4.79 Å². The van der Waals surface area contributed by atoms with Crippen molar-refractivity contribution >= 4 is 12.0 Å². The maximum Gasteiger partial charge on any atom is 0.317 e. The minimum absolute atomic E-state index is 0.0452. The molecule has 0 aliphatic carbocycles. The normalized spacial score (nSPS) is 20.3. The van der Waals surface area contributed by atoms with Crippen molar-refractivity contribution in [3.8, 4) is 0 Å². The topological polar surface area (TPSA) is 111 Å². The van der Waals surface area contributed by atoms with Gasteiger partial charge in [0.25, 0.3) is 0 Å². The molecule has 1 aromatic rings. The summed E-state index contributed by atoms with van der Waals surface area (Å²) in [6.45, 7) is 2.89. The number of carbonyl (C=O) groups excluding carboxylic acids is 1. The summed E-state index contributed by atoms with van der Waals surface area (Å²) in [4.78, 5) is 28.2. The van der Waals surface area contributed by atoms with Crippen molar-refractivity contribution in [2.75, 3.05) is 13.1 Å². The first kappa shape index (κ1) is 13.3. The third-order valence-electron chi connectivity index (χ3n) is 3.22. The molecule has 2 rings (SSSR count). The van der Waals surface area contributed by atoms with Gasteiger partial charge in [-0.2, -0.15) is 5.10 Å². The first-order valence-corrected chi connectivity index (χ1v) is 6.18. The lowest BCUT2D eigenvalue weighted by Crippen LogP contribution is -2.40. The monoisotopic (exact) mass is 267 g/mol. The van der Waals surface area contributed by atoms with Gasteiger partial charge in [-0.25, -0.2) is 9.78 Å². The Bertz CT molecular complexity index is 447. The van der Waals surface area contributed by atoms with Gasteiger partial charge < -0.3 is 15.3 Å². The molecule has 8 heteroatoms. The third-order valence-corrected chi connectivity index (χ3v) is 3.22. The lowest BCUT2D eigenvalue weighted by Gasteiger charge is -2.19. The Kier molecular flexibility index (Phi) is 3.98. The van der Waals surface area contributed by atoms with Crippen molar-refractivity contribution in [2.24, 2.45) is 5.92 Å². The van der Waals surface area contributed by atoms with Gasteiger partial charge in [0.1, 0.15) is 12.2 Å². The van der Waals surface area contributed by atoms with Crippen LogP contribution >= 0.6 is 0 Å². The molecule has 2 atom stereocenters. The number of hydrogen-bond donors (Lipinski definition) is 3. The van der Waals surface area contributed by atoms with E-state index < -0.39 is 5.97 Å². The fourth-order valence-corrected chi connectivity index (χ4v) is 2.20. The molecule has 0 radical (unpaired) electrons. The van der Waals surface area contributed by atoms with Gasteiger partial charge in [0.2, 0.25) is 0 Å². The molecule has 2 amide bonds. The number of aromatic amines is 1. The Balaban J connectivity index is 1.83. The molecular weight excluding hydrogens is 250 g/mol. The highest BCUT2D eigenvalue weighted by Crippen LogP contribution is 2.20. The number of carboxylic acid groups (broad SMARTS) is 1. The predicted octanol–water partition coefficient (Wildman–Crippen LogP) is 0.372. The molecule has 104 valence electrons. The summed E-state index contributed by atoms with van der Waals surface area (Å²) in [7, 11) is 0. The number of amides is 2. The zero-order valence-electron chi connectivity index (χ0n) is 10.7.